The van der Waals surface area contributed by atoms with Gasteiger partial charge < -0.3 is 14.6 Å². The molecule has 0 atom stereocenters. The first-order valence-electron chi connectivity index (χ1n) is 4.34. The highest BCUT2D eigenvalue weighted by Gasteiger charge is 1.96. The van der Waals surface area contributed by atoms with Crippen molar-refractivity contribution in [2.24, 2.45) is 0 Å². The predicted molar refractivity (Wildman–Crippen MR) is 52.9 cm³/mol. The Labute approximate surface area is 84.3 Å². The van der Waals surface area contributed by atoms with Crippen LogP contribution in [0, 0.1) is 0 Å². The van der Waals surface area contributed by atoms with Crippen LogP contribution in [0.15, 0.2) is 12.2 Å². The summed E-state index contributed by atoms with van der Waals surface area (Å²) in [5, 5.41) is 15.6. The van der Waals surface area contributed by atoms with Gasteiger partial charge in [0.1, 0.15) is 0 Å². The quantitative estimate of drug-likeness (QED) is 0.504. The maximum atomic E-state index is 9.55. The molecule has 0 aromatic carbocycles. The third kappa shape index (κ3) is 10.9. The van der Waals surface area contributed by atoms with Crippen molar-refractivity contribution < 1.29 is 24.2 Å². The van der Waals surface area contributed by atoms with Crippen molar-refractivity contribution in [2.45, 2.75) is 18.9 Å². The van der Waals surface area contributed by atoms with Crippen molar-refractivity contribution in [2.75, 3.05) is 6.61 Å². The molecule has 0 radical (unpaired) electrons. The molecular weight excluding hydrogens is 204 g/mol. The smallest absolute Gasteiger partial charge is 0.328 e. The van der Waals surface area contributed by atoms with Gasteiger partial charge in [-0.15, -0.1) is 0 Å². The highest BCUT2D eigenvalue weighted by Crippen LogP contribution is 2.01. The molecule has 0 saturated carbocycles. The normalized spacial score (nSPS) is 17.4. The molecule has 80 valence electrons. The van der Waals surface area contributed by atoms with Gasteiger partial charge in [-0.2, -0.15) is 0 Å². The first-order valence-corrected chi connectivity index (χ1v) is 5.92. The Morgan fingerprint density at radius 1 is 1.14 bits per heavy atom. The lowest BCUT2D eigenvalue weighted by molar-refractivity contribution is -0.134. The van der Waals surface area contributed by atoms with Gasteiger partial charge in [-0.25, -0.2) is 9.59 Å². The molecule has 1 aliphatic rings. The van der Waals surface area contributed by atoms with E-state index < -0.39 is 11.9 Å². The van der Waals surface area contributed by atoms with E-state index in [4.69, 9.17) is 14.6 Å². The minimum atomic E-state index is -1.26. The van der Waals surface area contributed by atoms with Crippen molar-refractivity contribution in [3.05, 3.63) is 12.2 Å². The van der Waals surface area contributed by atoms with Gasteiger partial charge in [0.25, 0.3) is 0 Å². The van der Waals surface area contributed by atoms with Crippen LogP contribution in [0.3, 0.4) is 0 Å². The lowest BCUT2D eigenvalue weighted by atomic mass is 10.4. The number of rotatable bonds is 2. The molecule has 0 aliphatic carbocycles. The first kappa shape index (κ1) is 12.9. The van der Waals surface area contributed by atoms with Crippen LogP contribution in [-0.2, 0) is 14.0 Å². The third-order valence-electron chi connectivity index (χ3n) is 1.45. The maximum Gasteiger partial charge on any atom is 0.328 e. The standard InChI is InChI=1S/C4H4O4.C4H10OSi/c5-3(6)1-2-4(7)8;1-2-4-6-5-3-1/h1-2H,(H,5,6)(H,7,8);1-4,6H2/b2-1-;. The fourth-order valence-electron chi connectivity index (χ4n) is 0.830. The molecule has 1 heterocycles. The summed E-state index contributed by atoms with van der Waals surface area (Å²) < 4.78 is 5.21. The average molecular weight is 218 g/mol. The maximum absolute atomic E-state index is 9.55. The van der Waals surface area contributed by atoms with Crippen molar-refractivity contribution in [1.82, 2.24) is 0 Å². The molecule has 14 heavy (non-hydrogen) atoms. The van der Waals surface area contributed by atoms with E-state index in [9.17, 15) is 9.59 Å². The molecule has 1 saturated heterocycles. The van der Waals surface area contributed by atoms with Crippen LogP contribution in [-0.4, -0.2) is 38.5 Å². The Morgan fingerprint density at radius 3 is 1.86 bits per heavy atom. The monoisotopic (exact) mass is 218 g/mol. The van der Waals surface area contributed by atoms with E-state index in [1.165, 1.54) is 18.9 Å². The van der Waals surface area contributed by atoms with Gasteiger partial charge in [-0.05, 0) is 12.5 Å². The van der Waals surface area contributed by atoms with E-state index in [-0.39, 0.29) is 9.76 Å². The molecule has 2 N–H and O–H groups in total. The Kier molecular flexibility index (Phi) is 7.76. The van der Waals surface area contributed by atoms with E-state index in [2.05, 4.69) is 0 Å². The van der Waals surface area contributed by atoms with Crippen LogP contribution in [0.5, 0.6) is 0 Å². The zero-order valence-corrected chi connectivity index (χ0v) is 9.22. The summed E-state index contributed by atoms with van der Waals surface area (Å²) in [4.78, 5) is 19.1. The molecule has 6 heteroatoms. The largest absolute Gasteiger partial charge is 0.478 e. The molecule has 0 bridgehead atoms. The van der Waals surface area contributed by atoms with E-state index in [1.807, 2.05) is 0 Å². The highest BCUT2D eigenvalue weighted by molar-refractivity contribution is 6.27. The van der Waals surface area contributed by atoms with E-state index >= 15 is 0 Å². The minimum Gasteiger partial charge on any atom is -0.478 e. The lowest BCUT2D eigenvalue weighted by Crippen LogP contribution is -2.06. The first-order chi connectivity index (χ1) is 6.63. The highest BCUT2D eigenvalue weighted by atomic mass is 28.2. The van der Waals surface area contributed by atoms with Crippen LogP contribution in [0.1, 0.15) is 12.8 Å². The van der Waals surface area contributed by atoms with Crippen LogP contribution in [0.2, 0.25) is 6.04 Å². The number of carboxylic acid groups (broad SMARTS) is 2. The molecule has 1 fully saturated rings. The van der Waals surface area contributed by atoms with Gasteiger partial charge in [0.2, 0.25) is 0 Å². The molecule has 1 rings (SSSR count). The number of hydrogen-bond donors (Lipinski definition) is 2. The minimum absolute atomic E-state index is 0.00849. The topological polar surface area (TPSA) is 83.8 Å². The number of carbonyl (C=O) groups is 2. The third-order valence-corrected chi connectivity index (χ3v) is 2.81. The van der Waals surface area contributed by atoms with Gasteiger partial charge in [0.05, 0.1) is 0 Å². The molecule has 0 spiro atoms. The summed E-state index contributed by atoms with van der Waals surface area (Å²) in [6, 6.07) is 1.42. The molecule has 5 nitrogen and oxygen atoms in total. The molecule has 0 aromatic rings. The zero-order chi connectivity index (χ0) is 10.8. The molecule has 1 aliphatic heterocycles. The number of aliphatic carboxylic acids is 2. The zero-order valence-electron chi connectivity index (χ0n) is 7.81. The second-order valence-electron chi connectivity index (χ2n) is 2.68. The predicted octanol–water partition coefficient (Wildman–Crippen LogP) is 0.0107. The van der Waals surface area contributed by atoms with E-state index in [0.717, 1.165) is 6.61 Å². The SMILES string of the molecule is C1CC[SiH2]OC1.O=C(O)/C=C\C(=O)O. The number of hydrogen-bond acceptors (Lipinski definition) is 3. The molecular formula is C8H14O5Si. The molecule has 0 amide bonds. The second-order valence-corrected chi connectivity index (χ2v) is 4.21. The summed E-state index contributed by atoms with van der Waals surface area (Å²) in [5.74, 6) is -2.51. The van der Waals surface area contributed by atoms with Crippen molar-refractivity contribution in [3.8, 4) is 0 Å². The lowest BCUT2D eigenvalue weighted by Gasteiger charge is -2.07. The Hall–Kier alpha value is -1.14. The summed E-state index contributed by atoms with van der Waals surface area (Å²) in [6.45, 7) is 1.06. The summed E-state index contributed by atoms with van der Waals surface area (Å²) in [7, 11) is 0.00849. The van der Waals surface area contributed by atoms with Gasteiger partial charge in [-0.1, -0.05) is 6.42 Å². The summed E-state index contributed by atoms with van der Waals surface area (Å²) in [6.07, 6.45) is 3.86. The summed E-state index contributed by atoms with van der Waals surface area (Å²) in [5.41, 5.74) is 0. The Bertz CT molecular complexity index is 182. The van der Waals surface area contributed by atoms with Crippen molar-refractivity contribution in [3.63, 3.8) is 0 Å². The van der Waals surface area contributed by atoms with Gasteiger partial charge in [-0.3, -0.25) is 0 Å². The Balaban J connectivity index is 0.000000249. The van der Waals surface area contributed by atoms with Crippen LogP contribution in [0.25, 0.3) is 0 Å². The van der Waals surface area contributed by atoms with Gasteiger partial charge in [0.15, 0.2) is 9.76 Å². The van der Waals surface area contributed by atoms with Crippen molar-refractivity contribution in [1.29, 1.82) is 0 Å². The second kappa shape index (κ2) is 8.45. The average Bonchev–Trinajstić information content (AvgIpc) is 2.18. The van der Waals surface area contributed by atoms with Crippen molar-refractivity contribution >= 4 is 21.7 Å². The fourth-order valence-corrected chi connectivity index (χ4v) is 2.00. The van der Waals surface area contributed by atoms with Gasteiger partial charge in [0, 0.05) is 18.8 Å². The van der Waals surface area contributed by atoms with Crippen LogP contribution < -0.4 is 0 Å². The Morgan fingerprint density at radius 2 is 1.71 bits per heavy atom. The number of carboxylic acids is 2. The van der Waals surface area contributed by atoms with Crippen LogP contribution in [0.4, 0.5) is 0 Å². The van der Waals surface area contributed by atoms with Crippen LogP contribution >= 0.6 is 0 Å². The molecule has 0 unspecified atom stereocenters. The fraction of sp³-hybridized carbons (Fsp3) is 0.500. The van der Waals surface area contributed by atoms with Gasteiger partial charge >= 0.3 is 11.9 Å². The van der Waals surface area contributed by atoms with E-state index in [1.54, 1.807) is 0 Å². The molecule has 0 aromatic heterocycles. The van der Waals surface area contributed by atoms with E-state index in [0.29, 0.717) is 12.2 Å². The summed E-state index contributed by atoms with van der Waals surface area (Å²) >= 11 is 0.